The van der Waals surface area contributed by atoms with E-state index in [9.17, 15) is 20.4 Å². The minimum atomic E-state index is -1.21. The van der Waals surface area contributed by atoms with Gasteiger partial charge in [0.1, 0.15) is 0 Å². The van der Waals surface area contributed by atoms with Gasteiger partial charge in [0.15, 0.2) is 12.6 Å². The molecule has 11 atom stereocenters. The molecule has 34 heavy (non-hydrogen) atoms. The summed E-state index contributed by atoms with van der Waals surface area (Å²) >= 11 is 0. The van der Waals surface area contributed by atoms with E-state index in [1.807, 2.05) is 48.5 Å². The Labute approximate surface area is 208 Å². The van der Waals surface area contributed by atoms with Gasteiger partial charge in [-0.3, -0.25) is 0 Å². The normalized spacial score (nSPS) is 28.4. The smallest absolute Gasteiger partial charge is 0.159 e. The van der Waals surface area contributed by atoms with Gasteiger partial charge in [-0.15, -0.1) is 0 Å². The fourth-order valence-corrected chi connectivity index (χ4v) is 5.35. The van der Waals surface area contributed by atoms with Gasteiger partial charge in [0, 0.05) is 17.8 Å². The van der Waals surface area contributed by atoms with Crippen LogP contribution in [-0.2, 0) is 14.2 Å². The van der Waals surface area contributed by atoms with E-state index in [4.69, 9.17) is 14.2 Å². The molecule has 204 valence electrons. The highest BCUT2D eigenvalue weighted by atomic mass is 16.7. The molecule has 0 aromatic heterocycles. The molecule has 0 aliphatic carbocycles. The molecule has 7 heteroatoms. The zero-order chi connectivity index (χ0) is 26.2. The van der Waals surface area contributed by atoms with Crippen LogP contribution in [0.4, 0.5) is 0 Å². The maximum Gasteiger partial charge on any atom is 0.159 e. The molecule has 0 bridgehead atoms. The maximum atomic E-state index is 11.4. The van der Waals surface area contributed by atoms with Crippen molar-refractivity contribution in [3.63, 3.8) is 0 Å². The van der Waals surface area contributed by atoms with Crippen LogP contribution in [0.15, 0.2) is 0 Å². The largest absolute Gasteiger partial charge is 0.393 e. The molecule has 4 N–H and O–H groups in total. The fraction of sp³-hybridized carbons (Fsp3) is 1.00. The molecule has 7 nitrogen and oxygen atoms in total. The summed E-state index contributed by atoms with van der Waals surface area (Å²) in [6.07, 6.45) is 0.415. The van der Waals surface area contributed by atoms with Crippen LogP contribution in [0, 0.1) is 23.7 Å². The molecule has 0 amide bonds. The van der Waals surface area contributed by atoms with Crippen molar-refractivity contribution in [1.29, 1.82) is 0 Å². The number of ether oxygens (including phenoxy) is 3. The molecule has 0 aromatic rings. The van der Waals surface area contributed by atoms with E-state index in [1.54, 1.807) is 13.8 Å². The van der Waals surface area contributed by atoms with Crippen LogP contribution >= 0.6 is 0 Å². The molecule has 0 saturated carbocycles. The minimum absolute atomic E-state index is 0.0928. The average molecular weight is 491 g/mol. The Morgan fingerprint density at radius 1 is 0.941 bits per heavy atom. The van der Waals surface area contributed by atoms with Crippen molar-refractivity contribution >= 4 is 0 Å². The van der Waals surface area contributed by atoms with Gasteiger partial charge in [-0.25, -0.2) is 0 Å². The Morgan fingerprint density at radius 2 is 1.56 bits per heavy atom. The molecular formula is C27H54O7. The summed E-state index contributed by atoms with van der Waals surface area (Å²) in [5.74, 6) is -1.01. The lowest BCUT2D eigenvalue weighted by atomic mass is 9.78. The lowest BCUT2D eigenvalue weighted by molar-refractivity contribution is -0.266. The highest BCUT2D eigenvalue weighted by Gasteiger charge is 2.44. The van der Waals surface area contributed by atoms with Gasteiger partial charge in [0.25, 0.3) is 0 Å². The van der Waals surface area contributed by atoms with Crippen LogP contribution in [0.25, 0.3) is 0 Å². The Hall–Kier alpha value is -0.280. The first kappa shape index (κ1) is 31.7. The molecule has 1 rings (SSSR count). The summed E-state index contributed by atoms with van der Waals surface area (Å²) in [4.78, 5) is 0. The SMILES string of the molecule is CCC(OC(O)[C@H](C)C(O)C(C)C(O[C@H]1CCCC(C)O1)[C@@](C)(O)CC(C)C)C(C)[C@H](O)CC. The Kier molecular flexibility index (Phi) is 13.5. The van der Waals surface area contributed by atoms with Crippen molar-refractivity contribution in [1.82, 2.24) is 0 Å². The molecule has 1 heterocycles. The Morgan fingerprint density at radius 3 is 2.06 bits per heavy atom. The third kappa shape index (κ3) is 9.30. The Balaban J connectivity index is 2.99. The third-order valence-electron chi connectivity index (χ3n) is 7.50. The lowest BCUT2D eigenvalue weighted by Gasteiger charge is -2.43. The highest BCUT2D eigenvalue weighted by molar-refractivity contribution is 4.92. The number of aliphatic hydroxyl groups is 4. The summed E-state index contributed by atoms with van der Waals surface area (Å²) < 4.78 is 18.2. The van der Waals surface area contributed by atoms with Gasteiger partial charge >= 0.3 is 0 Å². The van der Waals surface area contributed by atoms with Crippen molar-refractivity contribution in [2.45, 2.75) is 150 Å². The molecule has 1 fully saturated rings. The molecule has 0 aromatic carbocycles. The van der Waals surface area contributed by atoms with Gasteiger partial charge in [0.05, 0.1) is 36.1 Å². The van der Waals surface area contributed by atoms with Crippen LogP contribution in [0.2, 0.25) is 0 Å². The summed E-state index contributed by atoms with van der Waals surface area (Å²) in [6, 6.07) is 0. The first-order valence-corrected chi connectivity index (χ1v) is 13.5. The fourth-order valence-electron chi connectivity index (χ4n) is 5.35. The quantitative estimate of drug-likeness (QED) is 0.254. The molecular weight excluding hydrogens is 436 g/mol. The second-order valence-electron chi connectivity index (χ2n) is 11.3. The van der Waals surface area contributed by atoms with Crippen molar-refractivity contribution < 1.29 is 34.6 Å². The zero-order valence-electron chi connectivity index (χ0n) is 23.1. The Bertz CT molecular complexity index is 555. The van der Waals surface area contributed by atoms with Crippen LogP contribution in [0.1, 0.15) is 101 Å². The predicted molar refractivity (Wildman–Crippen MR) is 134 cm³/mol. The summed E-state index contributed by atoms with van der Waals surface area (Å²) in [6.45, 7) is 17.2. The van der Waals surface area contributed by atoms with E-state index in [-0.39, 0.29) is 24.0 Å². The van der Waals surface area contributed by atoms with Crippen LogP contribution in [0.5, 0.6) is 0 Å². The van der Waals surface area contributed by atoms with Gasteiger partial charge in [-0.1, -0.05) is 48.5 Å². The second-order valence-corrected chi connectivity index (χ2v) is 11.3. The van der Waals surface area contributed by atoms with Gasteiger partial charge in [-0.05, 0) is 58.3 Å². The third-order valence-corrected chi connectivity index (χ3v) is 7.50. The lowest BCUT2D eigenvalue weighted by Crippen LogP contribution is -2.53. The van der Waals surface area contributed by atoms with Crippen LogP contribution < -0.4 is 0 Å². The van der Waals surface area contributed by atoms with E-state index < -0.39 is 48.3 Å². The summed E-state index contributed by atoms with van der Waals surface area (Å²) in [5.41, 5.74) is -1.18. The highest BCUT2D eigenvalue weighted by Crippen LogP contribution is 2.35. The molecule has 0 spiro atoms. The molecule has 7 unspecified atom stereocenters. The predicted octanol–water partition coefficient (Wildman–Crippen LogP) is 4.24. The van der Waals surface area contributed by atoms with Crippen LogP contribution in [-0.4, -0.2) is 69.1 Å². The van der Waals surface area contributed by atoms with E-state index in [2.05, 4.69) is 0 Å². The standard InChI is InChI=1S/C27H54O7/c1-10-21(28)18(6)22(11-2)33-26(30)20(8)24(29)19(7)25(27(9,31)15-16(3)4)34-23-14-12-13-17(5)32-23/h16-26,28-31H,10-15H2,1-9H3/t17?,18?,19?,20-,21-,22?,23+,24?,25?,26?,27+/m1/s1. The van der Waals surface area contributed by atoms with Crippen molar-refractivity contribution in [2.75, 3.05) is 0 Å². The molecule has 1 aliphatic heterocycles. The molecule has 1 saturated heterocycles. The molecule has 0 radical (unpaired) electrons. The number of hydrogen-bond acceptors (Lipinski definition) is 7. The second kappa shape index (κ2) is 14.5. The molecule has 1 aliphatic rings. The van der Waals surface area contributed by atoms with E-state index in [0.717, 1.165) is 19.3 Å². The van der Waals surface area contributed by atoms with Gasteiger partial charge < -0.3 is 34.6 Å². The first-order chi connectivity index (χ1) is 15.7. The number of hydrogen-bond donors (Lipinski definition) is 4. The van der Waals surface area contributed by atoms with Gasteiger partial charge in [0.2, 0.25) is 0 Å². The monoisotopic (exact) mass is 490 g/mol. The van der Waals surface area contributed by atoms with Gasteiger partial charge in [-0.2, -0.15) is 0 Å². The van der Waals surface area contributed by atoms with Crippen molar-refractivity contribution in [2.24, 2.45) is 23.7 Å². The zero-order valence-corrected chi connectivity index (χ0v) is 23.1. The minimum Gasteiger partial charge on any atom is -0.393 e. The number of rotatable bonds is 15. The van der Waals surface area contributed by atoms with Crippen LogP contribution in [0.3, 0.4) is 0 Å². The topological polar surface area (TPSA) is 109 Å². The van der Waals surface area contributed by atoms with E-state index >= 15 is 0 Å². The first-order valence-electron chi connectivity index (χ1n) is 13.5. The van der Waals surface area contributed by atoms with Crippen molar-refractivity contribution in [3.8, 4) is 0 Å². The average Bonchev–Trinajstić information content (AvgIpc) is 2.77. The summed E-state index contributed by atoms with van der Waals surface area (Å²) in [7, 11) is 0. The van der Waals surface area contributed by atoms with Crippen molar-refractivity contribution in [3.05, 3.63) is 0 Å². The van der Waals surface area contributed by atoms with E-state index in [1.165, 1.54) is 0 Å². The number of aliphatic hydroxyl groups excluding tert-OH is 3. The summed E-state index contributed by atoms with van der Waals surface area (Å²) in [5, 5.41) is 43.7. The van der Waals surface area contributed by atoms with E-state index in [0.29, 0.717) is 19.3 Å². The maximum absolute atomic E-state index is 11.4.